The van der Waals surface area contributed by atoms with Crippen LogP contribution in [0.2, 0.25) is 0 Å². The zero-order chi connectivity index (χ0) is 16.4. The summed E-state index contributed by atoms with van der Waals surface area (Å²) in [4.78, 5) is 11.2. The molecule has 118 valence electrons. The van der Waals surface area contributed by atoms with Crippen molar-refractivity contribution in [2.24, 2.45) is 0 Å². The first kappa shape index (κ1) is 15.2. The first-order chi connectivity index (χ1) is 11.1. The molecular weight excluding hydrogens is 297 g/mol. The number of rotatable bonds is 4. The molecule has 0 spiro atoms. The van der Waals surface area contributed by atoms with Gasteiger partial charge in [0.05, 0.1) is 18.2 Å². The molecule has 5 nitrogen and oxygen atoms in total. The van der Waals surface area contributed by atoms with Gasteiger partial charge < -0.3 is 5.11 Å². The number of carboxylic acids is 1. The Kier molecular flexibility index (Phi) is 4.11. The molecule has 1 unspecified atom stereocenters. The van der Waals surface area contributed by atoms with Crippen LogP contribution in [0.1, 0.15) is 36.4 Å². The van der Waals surface area contributed by atoms with Crippen molar-refractivity contribution in [1.82, 2.24) is 9.78 Å². The fourth-order valence-electron chi connectivity index (χ4n) is 3.33. The molecule has 1 atom stereocenters. The van der Waals surface area contributed by atoms with Gasteiger partial charge in [0.2, 0.25) is 0 Å². The summed E-state index contributed by atoms with van der Waals surface area (Å²) in [5, 5.41) is 22.6. The predicted octanol–water partition coefficient (Wildman–Crippen LogP) is 3.11. The monoisotopic (exact) mass is 313 g/mol. The molecule has 3 rings (SSSR count). The Hall–Kier alpha value is -2.68. The van der Waals surface area contributed by atoms with E-state index >= 15 is 0 Å². The standard InChI is InChI=1S/C17H16FN3O2/c18-13-5-1-4-12(9-13)17-16-11(10-15(22)23)3-2-6-14(16)21(20-17)8-7-19/h1,4-5,9,11H,2-3,6,8,10H2,(H,22,23). The molecular formula is C17H16FN3O2. The Bertz CT molecular complexity index is 792. The number of carboxylic acid groups (broad SMARTS) is 1. The lowest BCUT2D eigenvalue weighted by Crippen LogP contribution is -2.15. The van der Waals surface area contributed by atoms with Crippen LogP contribution in [-0.2, 0) is 17.8 Å². The van der Waals surface area contributed by atoms with E-state index in [-0.39, 0.29) is 24.7 Å². The van der Waals surface area contributed by atoms with Gasteiger partial charge in [-0.25, -0.2) is 4.39 Å². The zero-order valence-corrected chi connectivity index (χ0v) is 12.5. The number of hydrogen-bond donors (Lipinski definition) is 1. The number of aliphatic carboxylic acids is 1. The third kappa shape index (κ3) is 2.95. The van der Waals surface area contributed by atoms with Gasteiger partial charge in [-0.05, 0) is 37.3 Å². The predicted molar refractivity (Wildman–Crippen MR) is 81.2 cm³/mol. The molecule has 6 heteroatoms. The third-order valence-electron chi connectivity index (χ3n) is 4.21. The average molecular weight is 313 g/mol. The number of fused-ring (bicyclic) bond motifs is 1. The minimum absolute atomic E-state index is 0.0214. The fraction of sp³-hybridized carbons (Fsp3) is 0.353. The summed E-state index contributed by atoms with van der Waals surface area (Å²) in [6.45, 7) is 0.109. The smallest absolute Gasteiger partial charge is 0.303 e. The molecule has 0 amide bonds. The lowest BCUT2D eigenvalue weighted by Gasteiger charge is -2.22. The van der Waals surface area contributed by atoms with E-state index in [1.165, 1.54) is 12.1 Å². The van der Waals surface area contributed by atoms with E-state index in [9.17, 15) is 9.18 Å². The second-order valence-corrected chi connectivity index (χ2v) is 5.72. The molecule has 0 aliphatic heterocycles. The highest BCUT2D eigenvalue weighted by Gasteiger charge is 2.30. The quantitative estimate of drug-likeness (QED) is 0.940. The highest BCUT2D eigenvalue weighted by molar-refractivity contribution is 5.71. The number of aromatic nitrogens is 2. The molecule has 0 saturated carbocycles. The SMILES string of the molecule is N#CCn1nc(-c2cccc(F)c2)c2c1CCCC2CC(=O)O. The van der Waals surface area contributed by atoms with Crippen LogP contribution < -0.4 is 0 Å². The number of halogens is 1. The minimum Gasteiger partial charge on any atom is -0.481 e. The molecule has 23 heavy (non-hydrogen) atoms. The lowest BCUT2D eigenvalue weighted by molar-refractivity contribution is -0.137. The Labute approximate surface area is 133 Å². The highest BCUT2D eigenvalue weighted by Crippen LogP contribution is 2.40. The Morgan fingerprint density at radius 3 is 3.04 bits per heavy atom. The van der Waals surface area contributed by atoms with Crippen molar-refractivity contribution in [2.75, 3.05) is 0 Å². The molecule has 1 aliphatic carbocycles. The zero-order valence-electron chi connectivity index (χ0n) is 12.5. The fourth-order valence-corrected chi connectivity index (χ4v) is 3.33. The van der Waals surface area contributed by atoms with E-state index < -0.39 is 5.97 Å². The minimum atomic E-state index is -0.860. The van der Waals surface area contributed by atoms with E-state index in [2.05, 4.69) is 11.2 Å². The summed E-state index contributed by atoms with van der Waals surface area (Å²) in [5.74, 6) is -1.38. The van der Waals surface area contributed by atoms with Crippen molar-refractivity contribution < 1.29 is 14.3 Å². The van der Waals surface area contributed by atoms with Crippen molar-refractivity contribution >= 4 is 5.97 Å². The van der Waals surface area contributed by atoms with Crippen molar-refractivity contribution in [1.29, 1.82) is 5.26 Å². The Balaban J connectivity index is 2.15. The Morgan fingerprint density at radius 1 is 1.52 bits per heavy atom. The lowest BCUT2D eigenvalue weighted by atomic mass is 9.82. The molecule has 1 N–H and O–H groups in total. The molecule has 0 bridgehead atoms. The van der Waals surface area contributed by atoms with Gasteiger partial charge in [0.15, 0.2) is 0 Å². The van der Waals surface area contributed by atoms with Crippen molar-refractivity contribution in [3.8, 4) is 17.3 Å². The van der Waals surface area contributed by atoms with Crippen LogP contribution in [0.15, 0.2) is 24.3 Å². The number of hydrogen-bond acceptors (Lipinski definition) is 3. The largest absolute Gasteiger partial charge is 0.481 e. The van der Waals surface area contributed by atoms with Crippen LogP contribution in [-0.4, -0.2) is 20.9 Å². The normalized spacial score (nSPS) is 16.6. The molecule has 1 heterocycles. The first-order valence-corrected chi connectivity index (χ1v) is 7.54. The van der Waals surface area contributed by atoms with Gasteiger partial charge in [0, 0.05) is 16.8 Å². The second kappa shape index (κ2) is 6.21. The maximum Gasteiger partial charge on any atom is 0.303 e. The van der Waals surface area contributed by atoms with Crippen molar-refractivity contribution in [3.05, 3.63) is 41.3 Å². The summed E-state index contributed by atoms with van der Waals surface area (Å²) < 4.78 is 15.2. The van der Waals surface area contributed by atoms with Crippen LogP contribution >= 0.6 is 0 Å². The van der Waals surface area contributed by atoms with E-state index in [1.807, 2.05) is 0 Å². The van der Waals surface area contributed by atoms with Gasteiger partial charge in [-0.15, -0.1) is 0 Å². The summed E-state index contributed by atoms with van der Waals surface area (Å²) >= 11 is 0. The van der Waals surface area contributed by atoms with Crippen LogP contribution in [0.5, 0.6) is 0 Å². The molecule has 0 radical (unpaired) electrons. The summed E-state index contributed by atoms with van der Waals surface area (Å²) in [6.07, 6.45) is 2.41. The topological polar surface area (TPSA) is 78.9 Å². The number of nitriles is 1. The summed E-state index contributed by atoms with van der Waals surface area (Å²) in [5.41, 5.74) is 2.98. The summed E-state index contributed by atoms with van der Waals surface area (Å²) in [6, 6.07) is 8.19. The molecule has 1 aliphatic rings. The third-order valence-corrected chi connectivity index (χ3v) is 4.21. The molecule has 1 aromatic carbocycles. The number of nitrogens with zero attached hydrogens (tertiary/aromatic N) is 3. The number of benzene rings is 1. The number of carbonyl (C=O) groups is 1. The van der Waals surface area contributed by atoms with Crippen LogP contribution in [0.25, 0.3) is 11.3 Å². The molecule has 2 aromatic rings. The molecule has 1 aromatic heterocycles. The van der Waals surface area contributed by atoms with Gasteiger partial charge in [0.1, 0.15) is 12.4 Å². The first-order valence-electron chi connectivity index (χ1n) is 7.54. The van der Waals surface area contributed by atoms with E-state index in [0.29, 0.717) is 11.3 Å². The van der Waals surface area contributed by atoms with Gasteiger partial charge >= 0.3 is 5.97 Å². The second-order valence-electron chi connectivity index (χ2n) is 5.72. The average Bonchev–Trinajstić information content (AvgIpc) is 2.87. The summed E-state index contributed by atoms with van der Waals surface area (Å²) in [7, 11) is 0. The van der Waals surface area contributed by atoms with Crippen molar-refractivity contribution in [3.63, 3.8) is 0 Å². The van der Waals surface area contributed by atoms with Crippen LogP contribution in [0, 0.1) is 17.1 Å². The Morgan fingerprint density at radius 2 is 2.35 bits per heavy atom. The highest BCUT2D eigenvalue weighted by atomic mass is 19.1. The van der Waals surface area contributed by atoms with Gasteiger partial charge in [0.25, 0.3) is 0 Å². The molecule has 0 saturated heterocycles. The van der Waals surface area contributed by atoms with Gasteiger partial charge in [-0.2, -0.15) is 10.4 Å². The van der Waals surface area contributed by atoms with Gasteiger partial charge in [-0.3, -0.25) is 9.48 Å². The van der Waals surface area contributed by atoms with E-state index in [1.54, 1.807) is 16.8 Å². The van der Waals surface area contributed by atoms with E-state index in [4.69, 9.17) is 10.4 Å². The van der Waals surface area contributed by atoms with Gasteiger partial charge in [-0.1, -0.05) is 12.1 Å². The maximum atomic E-state index is 13.6. The maximum absolute atomic E-state index is 13.6. The van der Waals surface area contributed by atoms with Crippen LogP contribution in [0.3, 0.4) is 0 Å². The van der Waals surface area contributed by atoms with E-state index in [0.717, 1.165) is 30.5 Å². The van der Waals surface area contributed by atoms with Crippen LogP contribution in [0.4, 0.5) is 4.39 Å². The molecule has 0 fully saturated rings. The van der Waals surface area contributed by atoms with Crippen molar-refractivity contribution in [2.45, 2.75) is 38.1 Å².